The van der Waals surface area contributed by atoms with Gasteiger partial charge in [-0.3, -0.25) is 4.79 Å². The molecule has 0 atom stereocenters. The first-order valence-corrected chi connectivity index (χ1v) is 4.21. The summed E-state index contributed by atoms with van der Waals surface area (Å²) in [7, 11) is 0. The molecule has 68 valence electrons. The summed E-state index contributed by atoms with van der Waals surface area (Å²) in [5.74, 6) is -0.390. The number of ketones is 1. The largest absolute Gasteiger partial charge is 0.423 e. The first-order valence-electron chi connectivity index (χ1n) is 3.42. The van der Waals surface area contributed by atoms with Crippen LogP contribution in [0, 0.1) is 0 Å². The summed E-state index contributed by atoms with van der Waals surface area (Å²) in [4.78, 5) is 10.9. The summed E-state index contributed by atoms with van der Waals surface area (Å²) >= 11 is 2.40. The fourth-order valence-corrected chi connectivity index (χ4v) is 1.54. The summed E-state index contributed by atoms with van der Waals surface area (Å²) in [6, 6.07) is 0. The second-order valence-electron chi connectivity index (χ2n) is 2.57. The molecule has 5 heteroatoms. The molecule has 0 N–H and O–H groups in total. The second kappa shape index (κ2) is 3.20. The highest BCUT2D eigenvalue weighted by Gasteiger charge is 2.37. The van der Waals surface area contributed by atoms with Gasteiger partial charge in [-0.25, -0.2) is 0 Å². The maximum absolute atomic E-state index is 12.0. The van der Waals surface area contributed by atoms with Crippen molar-refractivity contribution in [2.45, 2.75) is 25.4 Å². The molecule has 1 aliphatic rings. The van der Waals surface area contributed by atoms with E-state index in [1.165, 1.54) is 0 Å². The number of Topliss-reactive ketones (excluding diaryl/α,β-unsaturated/α-hetero) is 1. The Morgan fingerprint density at radius 3 is 2.25 bits per heavy atom. The third kappa shape index (κ3) is 1.88. The maximum Gasteiger partial charge on any atom is 0.423 e. The molecule has 1 aliphatic carbocycles. The Morgan fingerprint density at radius 2 is 1.92 bits per heavy atom. The van der Waals surface area contributed by atoms with Crippen LogP contribution in [0.2, 0.25) is 0 Å². The standard InChI is InChI=1S/C7H6BrF3O/c8-6(7(9,10)11)4-2-1-3-5(4)12/h1-3H2. The van der Waals surface area contributed by atoms with E-state index in [-0.39, 0.29) is 24.2 Å². The van der Waals surface area contributed by atoms with Crippen LogP contribution in [0.5, 0.6) is 0 Å². The zero-order chi connectivity index (χ0) is 9.35. The van der Waals surface area contributed by atoms with Crippen LogP contribution in [-0.4, -0.2) is 12.0 Å². The van der Waals surface area contributed by atoms with Crippen LogP contribution >= 0.6 is 15.9 Å². The number of halogens is 4. The van der Waals surface area contributed by atoms with Crippen molar-refractivity contribution in [2.75, 3.05) is 0 Å². The van der Waals surface area contributed by atoms with E-state index in [1.807, 2.05) is 0 Å². The van der Waals surface area contributed by atoms with Crippen LogP contribution in [0.3, 0.4) is 0 Å². The molecule has 1 saturated carbocycles. The lowest BCUT2D eigenvalue weighted by Gasteiger charge is -2.06. The predicted molar refractivity (Wildman–Crippen MR) is 40.9 cm³/mol. The van der Waals surface area contributed by atoms with E-state index < -0.39 is 10.7 Å². The molecular formula is C7H6BrF3O. The lowest BCUT2D eigenvalue weighted by Crippen LogP contribution is -2.11. The molecule has 0 heterocycles. The Morgan fingerprint density at radius 1 is 1.33 bits per heavy atom. The van der Waals surface area contributed by atoms with Gasteiger partial charge in [0.2, 0.25) is 0 Å². The quantitative estimate of drug-likeness (QED) is 0.598. The van der Waals surface area contributed by atoms with E-state index >= 15 is 0 Å². The Bertz CT molecular complexity index is 242. The number of carbonyl (C=O) groups excluding carboxylic acids is 1. The van der Waals surface area contributed by atoms with Gasteiger partial charge in [0, 0.05) is 12.0 Å². The van der Waals surface area contributed by atoms with Crippen LogP contribution < -0.4 is 0 Å². The molecule has 0 bridgehead atoms. The lowest BCUT2D eigenvalue weighted by molar-refractivity contribution is -0.115. The van der Waals surface area contributed by atoms with Crippen LogP contribution in [0.1, 0.15) is 19.3 Å². The van der Waals surface area contributed by atoms with Gasteiger partial charge in [0.05, 0.1) is 0 Å². The number of hydrogen-bond donors (Lipinski definition) is 0. The topological polar surface area (TPSA) is 17.1 Å². The molecule has 0 unspecified atom stereocenters. The van der Waals surface area contributed by atoms with Gasteiger partial charge in [-0.15, -0.1) is 0 Å². The third-order valence-electron chi connectivity index (χ3n) is 1.68. The maximum atomic E-state index is 12.0. The SMILES string of the molecule is O=C1CCCC1=C(Br)C(F)(F)F. The minimum Gasteiger partial charge on any atom is -0.295 e. The molecule has 0 aromatic carbocycles. The van der Waals surface area contributed by atoms with Crippen molar-refractivity contribution in [3.05, 3.63) is 10.1 Å². The van der Waals surface area contributed by atoms with E-state index in [9.17, 15) is 18.0 Å². The molecular weight excluding hydrogens is 237 g/mol. The average molecular weight is 243 g/mol. The van der Waals surface area contributed by atoms with Gasteiger partial charge in [-0.2, -0.15) is 13.2 Å². The Hall–Kier alpha value is -0.320. The fraction of sp³-hybridized carbons (Fsp3) is 0.571. The van der Waals surface area contributed by atoms with Gasteiger partial charge in [0.25, 0.3) is 0 Å². The summed E-state index contributed by atoms with van der Waals surface area (Å²) < 4.78 is 35.1. The van der Waals surface area contributed by atoms with Crippen molar-refractivity contribution in [3.63, 3.8) is 0 Å². The normalized spacial score (nSPS) is 23.2. The number of hydrogen-bond acceptors (Lipinski definition) is 1. The van der Waals surface area contributed by atoms with Crippen molar-refractivity contribution in [1.29, 1.82) is 0 Å². The zero-order valence-corrected chi connectivity index (χ0v) is 7.63. The first kappa shape index (κ1) is 9.77. The number of allylic oxidation sites excluding steroid dienone is 2. The summed E-state index contributed by atoms with van der Waals surface area (Å²) in [5.41, 5.74) is -0.109. The monoisotopic (exact) mass is 242 g/mol. The van der Waals surface area contributed by atoms with Crippen LogP contribution in [-0.2, 0) is 4.79 Å². The highest BCUT2D eigenvalue weighted by atomic mass is 79.9. The predicted octanol–water partition coefficient (Wildman–Crippen LogP) is 2.95. The number of rotatable bonds is 0. The molecule has 0 saturated heterocycles. The molecule has 0 spiro atoms. The Labute approximate surface area is 75.8 Å². The van der Waals surface area contributed by atoms with E-state index in [0.29, 0.717) is 6.42 Å². The average Bonchev–Trinajstić information content (AvgIpc) is 2.31. The molecule has 12 heavy (non-hydrogen) atoms. The van der Waals surface area contributed by atoms with Crippen molar-refractivity contribution in [1.82, 2.24) is 0 Å². The minimum atomic E-state index is -4.42. The van der Waals surface area contributed by atoms with Crippen molar-refractivity contribution in [2.24, 2.45) is 0 Å². The molecule has 1 fully saturated rings. The van der Waals surface area contributed by atoms with Gasteiger partial charge in [0.1, 0.15) is 4.48 Å². The molecule has 1 rings (SSSR count). The summed E-state index contributed by atoms with van der Waals surface area (Å²) in [6.45, 7) is 0. The van der Waals surface area contributed by atoms with Gasteiger partial charge in [0.15, 0.2) is 5.78 Å². The van der Waals surface area contributed by atoms with Crippen LogP contribution in [0.4, 0.5) is 13.2 Å². The Balaban J connectivity index is 2.97. The fourth-order valence-electron chi connectivity index (χ4n) is 1.12. The van der Waals surface area contributed by atoms with Gasteiger partial charge in [-0.1, -0.05) is 0 Å². The lowest BCUT2D eigenvalue weighted by atomic mass is 10.2. The molecule has 0 amide bonds. The van der Waals surface area contributed by atoms with Crippen molar-refractivity contribution in [3.8, 4) is 0 Å². The molecule has 1 nitrogen and oxygen atoms in total. The van der Waals surface area contributed by atoms with Crippen LogP contribution in [0.15, 0.2) is 10.1 Å². The molecule has 0 aromatic heterocycles. The highest BCUT2D eigenvalue weighted by molar-refractivity contribution is 9.11. The number of carbonyl (C=O) groups is 1. The summed E-state index contributed by atoms with van der Waals surface area (Å²) in [6.07, 6.45) is -3.42. The van der Waals surface area contributed by atoms with Crippen molar-refractivity contribution < 1.29 is 18.0 Å². The van der Waals surface area contributed by atoms with E-state index in [0.717, 1.165) is 0 Å². The molecule has 0 aromatic rings. The zero-order valence-electron chi connectivity index (χ0n) is 6.04. The van der Waals surface area contributed by atoms with E-state index in [2.05, 4.69) is 15.9 Å². The highest BCUT2D eigenvalue weighted by Crippen LogP contribution is 2.37. The first-order chi connectivity index (χ1) is 5.43. The summed E-state index contributed by atoms with van der Waals surface area (Å²) in [5, 5.41) is 0. The number of alkyl halides is 3. The van der Waals surface area contributed by atoms with E-state index in [4.69, 9.17) is 0 Å². The van der Waals surface area contributed by atoms with Gasteiger partial charge < -0.3 is 0 Å². The van der Waals surface area contributed by atoms with Gasteiger partial charge >= 0.3 is 6.18 Å². The molecule has 0 radical (unpaired) electrons. The molecule has 0 aliphatic heterocycles. The smallest absolute Gasteiger partial charge is 0.295 e. The van der Waals surface area contributed by atoms with Gasteiger partial charge in [-0.05, 0) is 28.8 Å². The van der Waals surface area contributed by atoms with E-state index in [1.54, 1.807) is 0 Å². The minimum absolute atomic E-state index is 0.109. The third-order valence-corrected chi connectivity index (χ3v) is 2.61. The van der Waals surface area contributed by atoms with Crippen molar-refractivity contribution >= 4 is 21.7 Å². The second-order valence-corrected chi connectivity index (χ2v) is 3.36. The Kier molecular flexibility index (Phi) is 2.61. The van der Waals surface area contributed by atoms with Crippen LogP contribution in [0.25, 0.3) is 0 Å².